The topological polar surface area (TPSA) is 65.1 Å². The summed E-state index contributed by atoms with van der Waals surface area (Å²) in [6.45, 7) is 4.77. The van der Waals surface area contributed by atoms with Crippen LogP contribution in [0, 0.1) is 13.8 Å². The molecule has 0 fully saturated rings. The fraction of sp³-hybridized carbons (Fsp3) is 0.357. The summed E-state index contributed by atoms with van der Waals surface area (Å²) in [5.41, 5.74) is 10.9. The third kappa shape index (κ3) is 2.50. The Balaban J connectivity index is 2.19. The monoisotopic (exact) mass is 260 g/mol. The van der Waals surface area contributed by atoms with Gasteiger partial charge in [-0.3, -0.25) is 4.68 Å². The number of anilines is 2. The van der Waals surface area contributed by atoms with Crippen LogP contribution in [0.3, 0.4) is 0 Å². The number of aromatic nitrogens is 2. The molecule has 0 saturated carbocycles. The van der Waals surface area contributed by atoms with Gasteiger partial charge in [0.2, 0.25) is 0 Å². The third-order valence-electron chi connectivity index (χ3n) is 3.40. The van der Waals surface area contributed by atoms with Crippen molar-refractivity contribution in [3.05, 3.63) is 35.2 Å². The number of rotatable bonds is 4. The number of aryl methyl sites for hydroxylation is 2. The molecule has 0 amide bonds. The highest BCUT2D eigenvalue weighted by Crippen LogP contribution is 2.29. The van der Waals surface area contributed by atoms with Crippen molar-refractivity contribution >= 4 is 11.4 Å². The number of ether oxygens (including phenoxy) is 1. The first-order valence-electron chi connectivity index (χ1n) is 6.20. The predicted molar refractivity (Wildman–Crippen MR) is 77.4 cm³/mol. The molecule has 0 atom stereocenters. The summed E-state index contributed by atoms with van der Waals surface area (Å²) >= 11 is 0. The summed E-state index contributed by atoms with van der Waals surface area (Å²) in [6.07, 6.45) is 0. The van der Waals surface area contributed by atoms with E-state index in [0.29, 0.717) is 18.0 Å². The number of nitrogen functional groups attached to an aromatic ring is 1. The first-order chi connectivity index (χ1) is 9.04. The second-order valence-corrected chi connectivity index (χ2v) is 4.55. The largest absolute Gasteiger partial charge is 0.495 e. The lowest BCUT2D eigenvalue weighted by Gasteiger charge is -2.12. The second-order valence-electron chi connectivity index (χ2n) is 4.55. The zero-order valence-electron chi connectivity index (χ0n) is 11.8. The van der Waals surface area contributed by atoms with Crippen molar-refractivity contribution in [2.75, 3.05) is 18.2 Å². The van der Waals surface area contributed by atoms with E-state index < -0.39 is 0 Å². The quantitative estimate of drug-likeness (QED) is 0.827. The molecule has 1 heterocycles. The highest BCUT2D eigenvalue weighted by atomic mass is 16.5. The van der Waals surface area contributed by atoms with Gasteiger partial charge in [-0.05, 0) is 26.0 Å². The van der Waals surface area contributed by atoms with Gasteiger partial charge in [0.25, 0.3) is 0 Å². The van der Waals surface area contributed by atoms with Gasteiger partial charge in [0.1, 0.15) is 5.75 Å². The minimum Gasteiger partial charge on any atom is -0.495 e. The molecular formula is C14H20N4O. The number of hydrogen-bond donors (Lipinski definition) is 2. The number of nitrogens with zero attached hydrogens (tertiary/aromatic N) is 2. The van der Waals surface area contributed by atoms with Gasteiger partial charge in [0.15, 0.2) is 0 Å². The second kappa shape index (κ2) is 5.22. The summed E-state index contributed by atoms with van der Waals surface area (Å²) in [5.74, 6) is 0.685. The lowest BCUT2D eigenvalue weighted by molar-refractivity contribution is 0.417. The molecule has 5 nitrogen and oxygen atoms in total. The molecule has 0 aliphatic rings. The normalized spacial score (nSPS) is 10.5. The summed E-state index contributed by atoms with van der Waals surface area (Å²) < 4.78 is 7.10. The van der Waals surface area contributed by atoms with E-state index >= 15 is 0 Å². The van der Waals surface area contributed by atoms with E-state index in [-0.39, 0.29) is 0 Å². The van der Waals surface area contributed by atoms with Crippen LogP contribution in [-0.2, 0) is 13.6 Å². The number of nitrogens with one attached hydrogen (secondary N) is 1. The van der Waals surface area contributed by atoms with Crippen molar-refractivity contribution in [2.24, 2.45) is 7.05 Å². The Morgan fingerprint density at radius 1 is 1.37 bits per heavy atom. The molecule has 0 saturated heterocycles. The Morgan fingerprint density at radius 3 is 2.68 bits per heavy atom. The number of hydrogen-bond acceptors (Lipinski definition) is 4. The Morgan fingerprint density at radius 2 is 2.11 bits per heavy atom. The van der Waals surface area contributed by atoms with Gasteiger partial charge in [0.05, 0.1) is 24.2 Å². The van der Waals surface area contributed by atoms with Crippen LogP contribution >= 0.6 is 0 Å². The molecule has 2 aromatic rings. The molecular weight excluding hydrogens is 240 g/mol. The lowest BCUT2D eigenvalue weighted by atomic mass is 10.2. The molecule has 0 aliphatic carbocycles. The van der Waals surface area contributed by atoms with E-state index in [4.69, 9.17) is 10.5 Å². The molecule has 0 spiro atoms. The van der Waals surface area contributed by atoms with Crippen LogP contribution in [0.25, 0.3) is 0 Å². The summed E-state index contributed by atoms with van der Waals surface area (Å²) in [4.78, 5) is 0. The molecule has 1 aromatic carbocycles. The average Bonchev–Trinajstić information content (AvgIpc) is 2.63. The van der Waals surface area contributed by atoms with Gasteiger partial charge in [-0.2, -0.15) is 5.10 Å². The summed E-state index contributed by atoms with van der Waals surface area (Å²) in [6, 6.07) is 5.71. The molecule has 102 valence electrons. The fourth-order valence-corrected chi connectivity index (χ4v) is 2.13. The molecule has 0 unspecified atom stereocenters. The predicted octanol–water partition coefficient (Wildman–Crippen LogP) is 2.24. The zero-order chi connectivity index (χ0) is 14.0. The van der Waals surface area contributed by atoms with Crippen molar-refractivity contribution in [1.29, 1.82) is 0 Å². The van der Waals surface area contributed by atoms with Crippen LogP contribution in [-0.4, -0.2) is 16.9 Å². The Labute approximate surface area is 113 Å². The van der Waals surface area contributed by atoms with Crippen molar-refractivity contribution in [2.45, 2.75) is 20.4 Å². The van der Waals surface area contributed by atoms with Gasteiger partial charge in [-0.25, -0.2) is 0 Å². The van der Waals surface area contributed by atoms with Crippen LogP contribution in [0.15, 0.2) is 18.2 Å². The molecule has 3 N–H and O–H groups in total. The third-order valence-corrected chi connectivity index (χ3v) is 3.40. The van der Waals surface area contributed by atoms with Crippen molar-refractivity contribution < 1.29 is 4.74 Å². The van der Waals surface area contributed by atoms with Gasteiger partial charge >= 0.3 is 0 Å². The molecule has 5 heteroatoms. The highest BCUT2D eigenvalue weighted by Gasteiger charge is 2.10. The number of nitrogens with two attached hydrogens (primary N) is 1. The maximum Gasteiger partial charge on any atom is 0.143 e. The molecule has 0 bridgehead atoms. The first kappa shape index (κ1) is 13.3. The van der Waals surface area contributed by atoms with E-state index in [1.807, 2.05) is 36.9 Å². The maximum atomic E-state index is 6.03. The van der Waals surface area contributed by atoms with E-state index in [0.717, 1.165) is 17.1 Å². The smallest absolute Gasteiger partial charge is 0.143 e. The van der Waals surface area contributed by atoms with Crippen LogP contribution < -0.4 is 15.8 Å². The molecule has 0 radical (unpaired) electrons. The summed E-state index contributed by atoms with van der Waals surface area (Å²) in [7, 11) is 3.57. The zero-order valence-corrected chi connectivity index (χ0v) is 11.8. The SMILES string of the molecule is COc1cccc(NCc2c(C)nn(C)c2C)c1N. The highest BCUT2D eigenvalue weighted by molar-refractivity contribution is 5.72. The van der Waals surface area contributed by atoms with E-state index in [1.54, 1.807) is 7.11 Å². The van der Waals surface area contributed by atoms with Gasteiger partial charge < -0.3 is 15.8 Å². The van der Waals surface area contributed by atoms with E-state index in [2.05, 4.69) is 17.3 Å². The first-order valence-corrected chi connectivity index (χ1v) is 6.20. The molecule has 1 aromatic heterocycles. The Kier molecular flexibility index (Phi) is 3.64. The fourth-order valence-electron chi connectivity index (χ4n) is 2.13. The lowest BCUT2D eigenvalue weighted by Crippen LogP contribution is -2.05. The van der Waals surface area contributed by atoms with E-state index in [1.165, 1.54) is 5.56 Å². The summed E-state index contributed by atoms with van der Waals surface area (Å²) in [5, 5.41) is 7.74. The maximum absolute atomic E-state index is 6.03. The van der Waals surface area contributed by atoms with Crippen molar-refractivity contribution in [3.63, 3.8) is 0 Å². The van der Waals surface area contributed by atoms with Crippen LogP contribution in [0.2, 0.25) is 0 Å². The number of methoxy groups -OCH3 is 1. The van der Waals surface area contributed by atoms with Crippen LogP contribution in [0.1, 0.15) is 17.0 Å². The van der Waals surface area contributed by atoms with Crippen LogP contribution in [0.5, 0.6) is 5.75 Å². The van der Waals surface area contributed by atoms with Crippen LogP contribution in [0.4, 0.5) is 11.4 Å². The van der Waals surface area contributed by atoms with Gasteiger partial charge in [-0.1, -0.05) is 6.07 Å². The van der Waals surface area contributed by atoms with Crippen molar-refractivity contribution in [1.82, 2.24) is 9.78 Å². The Bertz CT molecular complexity index is 589. The number of para-hydroxylation sites is 1. The minimum absolute atomic E-state index is 0.629. The van der Waals surface area contributed by atoms with Gasteiger partial charge in [0, 0.05) is 24.8 Å². The molecule has 2 rings (SSSR count). The van der Waals surface area contributed by atoms with Crippen molar-refractivity contribution in [3.8, 4) is 5.75 Å². The minimum atomic E-state index is 0.629. The van der Waals surface area contributed by atoms with E-state index in [9.17, 15) is 0 Å². The molecule has 19 heavy (non-hydrogen) atoms. The Hall–Kier alpha value is -2.17. The number of benzene rings is 1. The molecule has 0 aliphatic heterocycles. The van der Waals surface area contributed by atoms with Gasteiger partial charge in [-0.15, -0.1) is 0 Å². The average molecular weight is 260 g/mol. The standard InChI is InChI=1S/C14H20N4O/c1-9-11(10(2)18(3)17-9)8-16-12-6-5-7-13(19-4)14(12)15/h5-7,16H,8,15H2,1-4H3.